The summed E-state index contributed by atoms with van der Waals surface area (Å²) in [4.78, 5) is 10.6. The van der Waals surface area contributed by atoms with Crippen molar-refractivity contribution < 1.29 is 14.0 Å². The normalized spacial score (nSPS) is 13.0. The van der Waals surface area contributed by atoms with Gasteiger partial charge in [-0.3, -0.25) is 0 Å². The molecule has 0 amide bonds. The zero-order chi connectivity index (χ0) is 7.98. The summed E-state index contributed by atoms with van der Waals surface area (Å²) >= 11 is 5.44. The van der Waals surface area contributed by atoms with Crippen molar-refractivity contribution in [1.82, 2.24) is 0 Å². The second-order valence-corrected chi connectivity index (χ2v) is 2.51. The molecule has 0 aromatic rings. The van der Waals surface area contributed by atoms with Crippen LogP contribution in [0.15, 0.2) is 0 Å². The molecule has 3 nitrogen and oxygen atoms in total. The van der Waals surface area contributed by atoms with Crippen molar-refractivity contribution in [2.24, 2.45) is 0 Å². The molecule has 0 aliphatic heterocycles. The molecule has 0 spiro atoms. The Labute approximate surface area is 68.2 Å². The fourth-order valence-electron chi connectivity index (χ4n) is 0.382. The molecule has 0 saturated carbocycles. The quantitative estimate of drug-likeness (QED) is 0.447. The fraction of sp³-hybridized carbons (Fsp3) is 0.800. The Balaban J connectivity index is 3.41. The molecule has 0 aliphatic rings. The minimum Gasteiger partial charge on any atom is -0.526 e. The molecule has 5 heteroatoms. The first-order valence-corrected chi connectivity index (χ1v) is 4.31. The second kappa shape index (κ2) is 5.70. The van der Waals surface area contributed by atoms with Crippen LogP contribution in [-0.4, -0.2) is 28.6 Å². The Kier molecular flexibility index (Phi) is 5.67. The molecule has 0 N–H and O–H groups in total. The Morgan fingerprint density at radius 2 is 2.40 bits per heavy atom. The lowest BCUT2D eigenvalue weighted by atomic mass is 10.5. The highest BCUT2D eigenvalue weighted by Crippen LogP contribution is 2.00. The number of carbonyl (C=O) groups is 1. The van der Waals surface area contributed by atoms with Crippen LogP contribution in [0.5, 0.6) is 0 Å². The topological polar surface area (TPSA) is 35.5 Å². The van der Waals surface area contributed by atoms with Gasteiger partial charge in [-0.2, -0.15) is 0 Å². The van der Waals surface area contributed by atoms with Crippen LogP contribution < -0.4 is 0 Å². The zero-order valence-corrected chi connectivity index (χ0v) is 8.85. The lowest BCUT2D eigenvalue weighted by Gasteiger charge is -2.07. The summed E-state index contributed by atoms with van der Waals surface area (Å²) < 4.78 is 9.31. The maximum absolute atomic E-state index is 10.6. The van der Waals surface area contributed by atoms with Crippen LogP contribution in [-0.2, 0) is 14.0 Å². The predicted molar refractivity (Wildman–Crippen MR) is 41.9 cm³/mol. The van der Waals surface area contributed by atoms with Crippen LogP contribution in [0.25, 0.3) is 0 Å². The van der Waals surface area contributed by atoms with E-state index in [1.54, 1.807) is 0 Å². The van der Waals surface area contributed by atoms with Gasteiger partial charge in [0, 0.05) is 6.61 Å². The SMILES string of the molecule is CCCOC(Cl)C(=O)O[SiH3]. The third-order valence-electron chi connectivity index (χ3n) is 0.855. The largest absolute Gasteiger partial charge is 0.526 e. The van der Waals surface area contributed by atoms with Gasteiger partial charge >= 0.3 is 5.97 Å². The van der Waals surface area contributed by atoms with Gasteiger partial charge in [-0.05, 0) is 6.42 Å². The molecule has 10 heavy (non-hydrogen) atoms. The lowest BCUT2D eigenvalue weighted by Crippen LogP contribution is -2.20. The van der Waals surface area contributed by atoms with Gasteiger partial charge in [-0.1, -0.05) is 18.5 Å². The van der Waals surface area contributed by atoms with E-state index in [2.05, 4.69) is 4.43 Å². The molecule has 0 bridgehead atoms. The van der Waals surface area contributed by atoms with Crippen LogP contribution >= 0.6 is 11.6 Å². The molecule has 1 unspecified atom stereocenters. The van der Waals surface area contributed by atoms with Crippen molar-refractivity contribution in [3.8, 4) is 0 Å². The van der Waals surface area contributed by atoms with Gasteiger partial charge in [0.2, 0.25) is 16.0 Å². The van der Waals surface area contributed by atoms with Crippen LogP contribution in [0.4, 0.5) is 0 Å². The van der Waals surface area contributed by atoms with Crippen molar-refractivity contribution in [1.29, 1.82) is 0 Å². The molecule has 1 atom stereocenters. The van der Waals surface area contributed by atoms with Gasteiger partial charge in [0.25, 0.3) is 0 Å². The summed E-state index contributed by atoms with van der Waals surface area (Å²) in [5, 5.41) is 0. The molecule has 0 rings (SSSR count). The van der Waals surface area contributed by atoms with E-state index in [9.17, 15) is 4.79 Å². The summed E-state index contributed by atoms with van der Waals surface area (Å²) in [5.74, 6) is -0.484. The molecule has 0 radical (unpaired) electrons. The monoisotopic (exact) mass is 182 g/mol. The molecule has 0 saturated heterocycles. The highest BCUT2D eigenvalue weighted by molar-refractivity contribution is 6.30. The van der Waals surface area contributed by atoms with E-state index in [4.69, 9.17) is 16.3 Å². The fourth-order valence-corrected chi connectivity index (χ4v) is 0.924. The average Bonchev–Trinajstić information content (AvgIpc) is 1.98. The zero-order valence-electron chi connectivity index (χ0n) is 6.09. The van der Waals surface area contributed by atoms with Crippen LogP contribution in [0.3, 0.4) is 0 Å². The molecule has 0 aliphatic carbocycles. The van der Waals surface area contributed by atoms with Crippen molar-refractivity contribution in [2.45, 2.75) is 18.9 Å². The number of alkyl halides is 1. The summed E-state index contributed by atoms with van der Waals surface area (Å²) in [6.07, 6.45) is 0.845. The Hall–Kier alpha value is -0.0631. The number of halogens is 1. The van der Waals surface area contributed by atoms with E-state index in [0.717, 1.165) is 6.42 Å². The molecule has 60 valence electrons. The molecule has 0 heterocycles. The highest BCUT2D eigenvalue weighted by Gasteiger charge is 2.13. The van der Waals surface area contributed by atoms with Crippen LogP contribution in [0.1, 0.15) is 13.3 Å². The first-order chi connectivity index (χ1) is 4.72. The predicted octanol–water partition coefficient (Wildman–Crippen LogP) is -0.198. The maximum Gasteiger partial charge on any atom is 0.337 e. The molecule has 0 aromatic carbocycles. The van der Waals surface area contributed by atoms with E-state index < -0.39 is 11.5 Å². The summed E-state index contributed by atoms with van der Waals surface area (Å²) in [6.45, 7) is 2.43. The second-order valence-electron chi connectivity index (χ2n) is 1.71. The van der Waals surface area contributed by atoms with E-state index in [-0.39, 0.29) is 0 Å². The van der Waals surface area contributed by atoms with Crippen molar-refractivity contribution >= 4 is 28.1 Å². The molecule has 0 aromatic heterocycles. The lowest BCUT2D eigenvalue weighted by molar-refractivity contribution is -0.141. The van der Waals surface area contributed by atoms with Crippen molar-refractivity contribution in [3.05, 3.63) is 0 Å². The van der Waals surface area contributed by atoms with Crippen molar-refractivity contribution in [2.75, 3.05) is 6.61 Å². The van der Waals surface area contributed by atoms with Gasteiger partial charge in [-0.25, -0.2) is 4.79 Å². The highest BCUT2D eigenvalue weighted by atomic mass is 35.5. The third-order valence-corrected chi connectivity index (χ3v) is 1.56. The van der Waals surface area contributed by atoms with Gasteiger partial charge in [0.15, 0.2) is 0 Å². The molecule has 0 fully saturated rings. The maximum atomic E-state index is 10.6. The minimum atomic E-state index is -0.919. The smallest absolute Gasteiger partial charge is 0.337 e. The summed E-state index contributed by atoms with van der Waals surface area (Å²) in [5.41, 5.74) is -0.919. The van der Waals surface area contributed by atoms with Gasteiger partial charge in [0.1, 0.15) is 0 Å². The Morgan fingerprint density at radius 1 is 1.80 bits per heavy atom. The summed E-state index contributed by atoms with van der Waals surface area (Å²) in [6, 6.07) is 0. The number of hydrogen-bond donors (Lipinski definition) is 0. The Bertz CT molecular complexity index is 109. The Morgan fingerprint density at radius 3 is 2.80 bits per heavy atom. The van der Waals surface area contributed by atoms with Gasteiger partial charge in [-0.15, -0.1) is 0 Å². The standard InChI is InChI=1S/C5H11ClO3Si/c1-2-3-8-4(6)5(7)9-10/h4H,2-3H2,1,10H3. The number of hydrogen-bond acceptors (Lipinski definition) is 3. The van der Waals surface area contributed by atoms with E-state index in [1.807, 2.05) is 6.92 Å². The van der Waals surface area contributed by atoms with Crippen LogP contribution in [0, 0.1) is 0 Å². The number of rotatable bonds is 4. The molecular formula is C5H11ClO3Si. The third kappa shape index (κ3) is 3.87. The first kappa shape index (κ1) is 9.94. The number of ether oxygens (including phenoxy) is 1. The minimum absolute atomic E-state index is 0.365. The average molecular weight is 183 g/mol. The van der Waals surface area contributed by atoms with E-state index in [0.29, 0.717) is 17.1 Å². The van der Waals surface area contributed by atoms with E-state index in [1.165, 1.54) is 0 Å². The van der Waals surface area contributed by atoms with Gasteiger partial charge < -0.3 is 9.16 Å². The summed E-state index contributed by atoms with van der Waals surface area (Å²) in [7, 11) is 0.365. The first-order valence-electron chi connectivity index (χ1n) is 3.05. The van der Waals surface area contributed by atoms with E-state index >= 15 is 0 Å². The van der Waals surface area contributed by atoms with Crippen LogP contribution in [0.2, 0.25) is 0 Å². The van der Waals surface area contributed by atoms with Crippen molar-refractivity contribution in [3.63, 3.8) is 0 Å². The van der Waals surface area contributed by atoms with Gasteiger partial charge in [0.05, 0.1) is 0 Å². The number of carbonyl (C=O) groups excluding carboxylic acids is 1. The molecular weight excluding hydrogens is 172 g/mol.